The van der Waals surface area contributed by atoms with Gasteiger partial charge in [0.05, 0.1) is 11.4 Å². The molecule has 2 aromatic carbocycles. The Morgan fingerprint density at radius 1 is 1.03 bits per heavy atom. The van der Waals surface area contributed by atoms with Crippen LogP contribution >= 0.6 is 0 Å². The Bertz CT molecular complexity index is 968. The first kappa shape index (κ1) is 22.5. The van der Waals surface area contributed by atoms with E-state index in [1.807, 2.05) is 49.1 Å². The molecule has 2 aromatic rings. The number of benzene rings is 2. The zero-order valence-corrected chi connectivity index (χ0v) is 18.8. The topological polar surface area (TPSA) is 69.7 Å². The molecule has 1 fully saturated rings. The summed E-state index contributed by atoms with van der Waals surface area (Å²) in [4.78, 5) is 14.7. The van der Waals surface area contributed by atoms with Crippen molar-refractivity contribution in [3.8, 4) is 0 Å². The minimum atomic E-state index is -3.51. The summed E-state index contributed by atoms with van der Waals surface area (Å²) in [5, 5.41) is 3.00. The molecule has 1 amide bonds. The molecule has 162 valence electrons. The minimum absolute atomic E-state index is 0.0244. The fourth-order valence-corrected chi connectivity index (χ4v) is 5.41. The number of nitrogens with zero attached hydrogens (tertiary/aromatic N) is 2. The van der Waals surface area contributed by atoms with Crippen molar-refractivity contribution in [3.05, 3.63) is 65.2 Å². The number of rotatable bonds is 7. The molecule has 0 saturated carbocycles. The lowest BCUT2D eigenvalue weighted by Crippen LogP contribution is -2.51. The number of sulfonamides is 1. The van der Waals surface area contributed by atoms with Crippen LogP contribution in [-0.2, 0) is 14.8 Å². The summed E-state index contributed by atoms with van der Waals surface area (Å²) in [7, 11) is -3.51. The number of hydrogen-bond acceptors (Lipinski definition) is 4. The lowest BCUT2D eigenvalue weighted by atomic mass is 10.0. The van der Waals surface area contributed by atoms with Gasteiger partial charge < -0.3 is 5.32 Å². The molecule has 0 radical (unpaired) electrons. The highest BCUT2D eigenvalue weighted by atomic mass is 32.2. The maximum absolute atomic E-state index is 13.0. The molecular formula is C23H31N3O3S. The highest BCUT2D eigenvalue weighted by Gasteiger charge is 2.30. The fraction of sp³-hybridized carbons (Fsp3) is 0.435. The second kappa shape index (κ2) is 9.73. The molecule has 30 heavy (non-hydrogen) atoms. The number of hydrogen-bond donors (Lipinski definition) is 1. The quantitative estimate of drug-likeness (QED) is 0.734. The normalized spacial score (nSPS) is 16.9. The van der Waals surface area contributed by atoms with E-state index in [1.54, 1.807) is 6.07 Å². The SMILES string of the molecule is Cc1ccc(C)c(S(=O)(=O)N2CCN(CC(=O)NC[C@H](C)c3ccccc3)CC2)c1. The Hall–Kier alpha value is -2.22. The predicted molar refractivity (Wildman–Crippen MR) is 119 cm³/mol. The van der Waals surface area contributed by atoms with Crippen molar-refractivity contribution < 1.29 is 13.2 Å². The van der Waals surface area contributed by atoms with Crippen molar-refractivity contribution in [3.63, 3.8) is 0 Å². The summed E-state index contributed by atoms with van der Waals surface area (Å²) in [6.07, 6.45) is 0. The second-order valence-corrected chi connectivity index (χ2v) is 9.97. The second-order valence-electron chi connectivity index (χ2n) is 8.06. The summed E-state index contributed by atoms with van der Waals surface area (Å²) >= 11 is 0. The van der Waals surface area contributed by atoms with Crippen molar-refractivity contribution in [1.29, 1.82) is 0 Å². The van der Waals surface area contributed by atoms with E-state index in [-0.39, 0.29) is 11.8 Å². The third-order valence-corrected chi connectivity index (χ3v) is 7.67. The van der Waals surface area contributed by atoms with Crippen LogP contribution in [-0.4, -0.2) is 62.8 Å². The number of aryl methyl sites for hydroxylation is 2. The Morgan fingerprint density at radius 3 is 2.37 bits per heavy atom. The lowest BCUT2D eigenvalue weighted by molar-refractivity contribution is -0.122. The standard InChI is InChI=1S/C23H31N3O3S/c1-18-9-10-19(2)22(15-18)30(28,29)26-13-11-25(12-14-26)17-23(27)24-16-20(3)21-7-5-4-6-8-21/h4-10,15,20H,11-14,16-17H2,1-3H3,(H,24,27)/t20-/m0/s1. The van der Waals surface area contributed by atoms with Gasteiger partial charge in [-0.25, -0.2) is 8.42 Å². The number of carbonyl (C=O) groups is 1. The zero-order chi connectivity index (χ0) is 21.7. The van der Waals surface area contributed by atoms with Crippen LogP contribution in [0.3, 0.4) is 0 Å². The van der Waals surface area contributed by atoms with Gasteiger partial charge in [-0.3, -0.25) is 9.69 Å². The summed E-state index contributed by atoms with van der Waals surface area (Å²) < 4.78 is 27.6. The number of nitrogens with one attached hydrogen (secondary N) is 1. The van der Waals surface area contributed by atoms with E-state index in [0.717, 1.165) is 11.1 Å². The molecule has 0 bridgehead atoms. The molecule has 1 aliphatic heterocycles. The van der Waals surface area contributed by atoms with Crippen LogP contribution in [0.25, 0.3) is 0 Å². The minimum Gasteiger partial charge on any atom is -0.354 e. The van der Waals surface area contributed by atoms with Gasteiger partial charge in [0, 0.05) is 32.7 Å². The van der Waals surface area contributed by atoms with Gasteiger partial charge in [-0.1, -0.05) is 49.4 Å². The molecule has 1 heterocycles. The van der Waals surface area contributed by atoms with Crippen LogP contribution in [0.15, 0.2) is 53.4 Å². The average Bonchev–Trinajstić information content (AvgIpc) is 2.74. The van der Waals surface area contributed by atoms with E-state index < -0.39 is 10.0 Å². The monoisotopic (exact) mass is 429 g/mol. The molecule has 1 N–H and O–H groups in total. The van der Waals surface area contributed by atoms with E-state index in [4.69, 9.17) is 0 Å². The summed E-state index contributed by atoms with van der Waals surface area (Å²) in [5.74, 6) is 0.221. The predicted octanol–water partition coefficient (Wildman–Crippen LogP) is 2.53. The Balaban J connectivity index is 1.49. The molecule has 0 aliphatic carbocycles. The Morgan fingerprint density at radius 2 is 1.70 bits per heavy atom. The van der Waals surface area contributed by atoms with E-state index in [2.05, 4.69) is 24.4 Å². The van der Waals surface area contributed by atoms with Crippen LogP contribution in [0.5, 0.6) is 0 Å². The molecule has 3 rings (SSSR count). The van der Waals surface area contributed by atoms with Gasteiger partial charge in [-0.2, -0.15) is 4.31 Å². The van der Waals surface area contributed by atoms with Crippen molar-refractivity contribution in [2.75, 3.05) is 39.3 Å². The van der Waals surface area contributed by atoms with Gasteiger partial charge in [-0.05, 0) is 42.5 Å². The Kier molecular flexibility index (Phi) is 7.28. The third-order valence-electron chi connectivity index (χ3n) is 5.63. The molecule has 6 nitrogen and oxygen atoms in total. The first-order valence-corrected chi connectivity index (χ1v) is 11.8. The third kappa shape index (κ3) is 5.47. The van der Waals surface area contributed by atoms with Gasteiger partial charge in [0.25, 0.3) is 0 Å². The van der Waals surface area contributed by atoms with Crippen molar-refractivity contribution in [2.24, 2.45) is 0 Å². The molecule has 0 aromatic heterocycles. The van der Waals surface area contributed by atoms with Crippen molar-refractivity contribution >= 4 is 15.9 Å². The lowest BCUT2D eigenvalue weighted by Gasteiger charge is -2.33. The van der Waals surface area contributed by atoms with Crippen molar-refractivity contribution in [2.45, 2.75) is 31.6 Å². The van der Waals surface area contributed by atoms with E-state index in [1.165, 1.54) is 9.87 Å². The summed E-state index contributed by atoms with van der Waals surface area (Å²) in [6, 6.07) is 15.6. The van der Waals surface area contributed by atoms with E-state index in [9.17, 15) is 13.2 Å². The summed E-state index contributed by atoms with van der Waals surface area (Å²) in [5.41, 5.74) is 2.89. The molecule has 1 saturated heterocycles. The van der Waals surface area contributed by atoms with Gasteiger partial charge in [-0.15, -0.1) is 0 Å². The van der Waals surface area contributed by atoms with Gasteiger partial charge in [0.1, 0.15) is 0 Å². The van der Waals surface area contributed by atoms with E-state index in [0.29, 0.717) is 44.2 Å². The first-order valence-electron chi connectivity index (χ1n) is 10.4. The van der Waals surface area contributed by atoms with Gasteiger partial charge in [0.15, 0.2) is 0 Å². The maximum atomic E-state index is 13.0. The van der Waals surface area contributed by atoms with Crippen LogP contribution in [0.2, 0.25) is 0 Å². The number of amides is 1. The molecule has 1 atom stereocenters. The van der Waals surface area contributed by atoms with Crippen LogP contribution < -0.4 is 5.32 Å². The van der Waals surface area contributed by atoms with Crippen LogP contribution in [0.1, 0.15) is 29.5 Å². The molecule has 7 heteroatoms. The van der Waals surface area contributed by atoms with Crippen LogP contribution in [0, 0.1) is 13.8 Å². The maximum Gasteiger partial charge on any atom is 0.243 e. The average molecular weight is 430 g/mol. The van der Waals surface area contributed by atoms with Gasteiger partial charge in [0.2, 0.25) is 15.9 Å². The first-order chi connectivity index (χ1) is 14.3. The fourth-order valence-electron chi connectivity index (χ4n) is 3.68. The Labute approximate surface area is 179 Å². The smallest absolute Gasteiger partial charge is 0.243 e. The number of piperazine rings is 1. The molecule has 1 aliphatic rings. The highest BCUT2D eigenvalue weighted by molar-refractivity contribution is 7.89. The zero-order valence-electron chi connectivity index (χ0n) is 18.0. The highest BCUT2D eigenvalue weighted by Crippen LogP contribution is 2.22. The number of carbonyl (C=O) groups excluding carboxylic acids is 1. The molecule has 0 spiro atoms. The molecule has 0 unspecified atom stereocenters. The molecular weight excluding hydrogens is 398 g/mol. The van der Waals surface area contributed by atoms with Gasteiger partial charge >= 0.3 is 0 Å². The van der Waals surface area contributed by atoms with Crippen LogP contribution in [0.4, 0.5) is 0 Å². The summed E-state index contributed by atoms with van der Waals surface area (Å²) in [6.45, 7) is 8.57. The van der Waals surface area contributed by atoms with Crippen molar-refractivity contribution in [1.82, 2.24) is 14.5 Å². The van der Waals surface area contributed by atoms with E-state index >= 15 is 0 Å². The largest absolute Gasteiger partial charge is 0.354 e.